The Hall–Kier alpha value is -2.31. The predicted molar refractivity (Wildman–Crippen MR) is 85.1 cm³/mol. The summed E-state index contributed by atoms with van der Waals surface area (Å²) in [7, 11) is 0. The Bertz CT molecular complexity index is 655. The molecular formula is C16H17ClN2O4. The van der Waals surface area contributed by atoms with Crippen molar-refractivity contribution in [3.63, 3.8) is 0 Å². The van der Waals surface area contributed by atoms with E-state index in [1.165, 1.54) is 12.3 Å². The van der Waals surface area contributed by atoms with Crippen molar-refractivity contribution in [3.05, 3.63) is 59.0 Å². The van der Waals surface area contributed by atoms with E-state index in [2.05, 4.69) is 10.6 Å². The molecule has 0 saturated heterocycles. The van der Waals surface area contributed by atoms with Gasteiger partial charge in [0, 0.05) is 11.6 Å². The summed E-state index contributed by atoms with van der Waals surface area (Å²) < 4.78 is 4.95. The highest BCUT2D eigenvalue weighted by atomic mass is 35.5. The van der Waals surface area contributed by atoms with Crippen LogP contribution in [-0.4, -0.2) is 29.5 Å². The number of hydrogen-bond donors (Lipinski definition) is 3. The SMILES string of the molecule is CC(NC(=O)c1ccco1)C(=O)NCC(O)c1ccc(Cl)cc1. The van der Waals surface area contributed by atoms with Crippen molar-refractivity contribution < 1.29 is 19.1 Å². The molecule has 1 heterocycles. The van der Waals surface area contributed by atoms with Gasteiger partial charge in [0.15, 0.2) is 5.76 Å². The van der Waals surface area contributed by atoms with Gasteiger partial charge in [-0.25, -0.2) is 0 Å². The molecule has 122 valence electrons. The number of halogens is 1. The zero-order valence-corrected chi connectivity index (χ0v) is 13.2. The molecule has 2 atom stereocenters. The molecule has 1 aromatic heterocycles. The molecule has 3 N–H and O–H groups in total. The maximum Gasteiger partial charge on any atom is 0.287 e. The van der Waals surface area contributed by atoms with E-state index in [1.807, 2.05) is 0 Å². The molecule has 0 aliphatic heterocycles. The zero-order valence-electron chi connectivity index (χ0n) is 12.5. The van der Waals surface area contributed by atoms with Crippen LogP contribution in [0.25, 0.3) is 0 Å². The smallest absolute Gasteiger partial charge is 0.287 e. The van der Waals surface area contributed by atoms with Crippen LogP contribution >= 0.6 is 11.6 Å². The Morgan fingerprint density at radius 1 is 1.26 bits per heavy atom. The van der Waals surface area contributed by atoms with Crippen LogP contribution in [0.2, 0.25) is 5.02 Å². The fraction of sp³-hybridized carbons (Fsp3) is 0.250. The summed E-state index contributed by atoms with van der Waals surface area (Å²) >= 11 is 5.78. The van der Waals surface area contributed by atoms with Gasteiger partial charge in [-0.1, -0.05) is 23.7 Å². The molecule has 7 heteroatoms. The molecule has 6 nitrogen and oxygen atoms in total. The molecule has 23 heavy (non-hydrogen) atoms. The lowest BCUT2D eigenvalue weighted by atomic mass is 10.1. The summed E-state index contributed by atoms with van der Waals surface area (Å²) in [5, 5.41) is 15.7. The first-order chi connectivity index (χ1) is 11.0. The normalized spacial score (nSPS) is 13.2. The highest BCUT2D eigenvalue weighted by Crippen LogP contribution is 2.15. The minimum Gasteiger partial charge on any atom is -0.459 e. The minimum atomic E-state index is -0.857. The topological polar surface area (TPSA) is 91.6 Å². The Morgan fingerprint density at radius 3 is 2.57 bits per heavy atom. The first-order valence-corrected chi connectivity index (χ1v) is 7.41. The standard InChI is InChI=1S/C16H17ClN2O4/c1-10(19-16(22)14-3-2-8-23-14)15(21)18-9-13(20)11-4-6-12(17)7-5-11/h2-8,10,13,20H,9H2,1H3,(H,18,21)(H,19,22). The van der Waals surface area contributed by atoms with Gasteiger partial charge in [0.05, 0.1) is 12.4 Å². The quantitative estimate of drug-likeness (QED) is 0.751. The van der Waals surface area contributed by atoms with Crippen molar-refractivity contribution >= 4 is 23.4 Å². The van der Waals surface area contributed by atoms with Gasteiger partial charge in [0.25, 0.3) is 5.91 Å². The van der Waals surface area contributed by atoms with Crippen molar-refractivity contribution in [1.29, 1.82) is 0 Å². The van der Waals surface area contributed by atoms with Crippen LogP contribution in [0, 0.1) is 0 Å². The van der Waals surface area contributed by atoms with Crippen LogP contribution in [0.5, 0.6) is 0 Å². The third-order valence-electron chi connectivity index (χ3n) is 3.21. The van der Waals surface area contributed by atoms with Crippen LogP contribution in [0.15, 0.2) is 47.1 Å². The van der Waals surface area contributed by atoms with Gasteiger partial charge in [-0.15, -0.1) is 0 Å². The average molecular weight is 337 g/mol. The Labute approximate surface area is 138 Å². The third kappa shape index (κ3) is 4.84. The Morgan fingerprint density at radius 2 is 1.96 bits per heavy atom. The van der Waals surface area contributed by atoms with E-state index in [9.17, 15) is 14.7 Å². The molecule has 0 radical (unpaired) electrons. The maximum atomic E-state index is 11.9. The van der Waals surface area contributed by atoms with Crippen molar-refractivity contribution in [1.82, 2.24) is 10.6 Å². The number of aliphatic hydroxyl groups is 1. The van der Waals surface area contributed by atoms with Gasteiger partial charge in [-0.05, 0) is 36.8 Å². The summed E-state index contributed by atoms with van der Waals surface area (Å²) in [4.78, 5) is 23.7. The first kappa shape index (κ1) is 17.1. The van der Waals surface area contributed by atoms with Gasteiger partial charge in [0.2, 0.25) is 5.91 Å². The van der Waals surface area contributed by atoms with E-state index in [0.717, 1.165) is 0 Å². The van der Waals surface area contributed by atoms with Gasteiger partial charge in [0.1, 0.15) is 6.04 Å². The predicted octanol–water partition coefficient (Wildman–Crippen LogP) is 1.90. The van der Waals surface area contributed by atoms with E-state index in [4.69, 9.17) is 16.0 Å². The summed E-state index contributed by atoms with van der Waals surface area (Å²) in [6, 6.07) is 9.02. The number of nitrogens with one attached hydrogen (secondary N) is 2. The number of aliphatic hydroxyl groups excluding tert-OH is 1. The average Bonchev–Trinajstić information content (AvgIpc) is 3.07. The van der Waals surface area contributed by atoms with Crippen molar-refractivity contribution in [2.75, 3.05) is 6.54 Å². The first-order valence-electron chi connectivity index (χ1n) is 7.03. The Kier molecular flexibility index (Phi) is 5.78. The molecule has 0 fully saturated rings. The van der Waals surface area contributed by atoms with Crippen molar-refractivity contribution in [2.45, 2.75) is 19.1 Å². The van der Waals surface area contributed by atoms with E-state index in [1.54, 1.807) is 37.3 Å². The molecular weight excluding hydrogens is 320 g/mol. The number of benzene rings is 1. The molecule has 2 rings (SSSR count). The molecule has 2 unspecified atom stereocenters. The number of carbonyl (C=O) groups is 2. The van der Waals surface area contributed by atoms with Crippen molar-refractivity contribution in [2.24, 2.45) is 0 Å². The highest BCUT2D eigenvalue weighted by Gasteiger charge is 2.19. The zero-order chi connectivity index (χ0) is 16.8. The second-order valence-electron chi connectivity index (χ2n) is 4.98. The lowest BCUT2D eigenvalue weighted by Gasteiger charge is -2.16. The molecule has 0 bridgehead atoms. The van der Waals surface area contributed by atoms with Crippen LogP contribution in [0.3, 0.4) is 0 Å². The van der Waals surface area contributed by atoms with Crippen LogP contribution in [-0.2, 0) is 4.79 Å². The van der Waals surface area contributed by atoms with Crippen LogP contribution < -0.4 is 10.6 Å². The third-order valence-corrected chi connectivity index (χ3v) is 3.46. The van der Waals surface area contributed by atoms with E-state index < -0.39 is 24.0 Å². The maximum absolute atomic E-state index is 11.9. The van der Waals surface area contributed by atoms with E-state index in [-0.39, 0.29) is 12.3 Å². The fourth-order valence-electron chi connectivity index (χ4n) is 1.89. The number of carbonyl (C=O) groups excluding carboxylic acids is 2. The molecule has 0 aliphatic rings. The minimum absolute atomic E-state index is 0.0292. The molecule has 2 amide bonds. The number of hydrogen-bond acceptors (Lipinski definition) is 4. The lowest BCUT2D eigenvalue weighted by molar-refractivity contribution is -0.123. The summed E-state index contributed by atoms with van der Waals surface area (Å²) in [6.07, 6.45) is 0.520. The highest BCUT2D eigenvalue weighted by molar-refractivity contribution is 6.30. The fourth-order valence-corrected chi connectivity index (χ4v) is 2.02. The van der Waals surface area contributed by atoms with Gasteiger partial charge in [-0.3, -0.25) is 9.59 Å². The van der Waals surface area contributed by atoms with Gasteiger partial charge in [-0.2, -0.15) is 0 Å². The Balaban J connectivity index is 1.81. The second-order valence-corrected chi connectivity index (χ2v) is 5.42. The molecule has 2 aromatic rings. The molecule has 0 spiro atoms. The largest absolute Gasteiger partial charge is 0.459 e. The monoisotopic (exact) mass is 336 g/mol. The molecule has 1 aromatic carbocycles. The molecule has 0 aliphatic carbocycles. The van der Waals surface area contributed by atoms with E-state index in [0.29, 0.717) is 10.6 Å². The lowest BCUT2D eigenvalue weighted by Crippen LogP contribution is -2.45. The summed E-state index contributed by atoms with van der Waals surface area (Å²) in [6.45, 7) is 1.58. The van der Waals surface area contributed by atoms with Crippen molar-refractivity contribution in [3.8, 4) is 0 Å². The number of furan rings is 1. The molecule has 0 saturated carbocycles. The summed E-state index contributed by atoms with van der Waals surface area (Å²) in [5.74, 6) is -0.750. The van der Waals surface area contributed by atoms with Gasteiger partial charge < -0.3 is 20.2 Å². The number of rotatable bonds is 6. The van der Waals surface area contributed by atoms with E-state index >= 15 is 0 Å². The van der Waals surface area contributed by atoms with Crippen LogP contribution in [0.4, 0.5) is 0 Å². The second kappa shape index (κ2) is 7.80. The summed E-state index contributed by atoms with van der Waals surface area (Å²) in [5.41, 5.74) is 0.641. The van der Waals surface area contributed by atoms with Crippen LogP contribution in [0.1, 0.15) is 29.1 Å². The number of amides is 2. The van der Waals surface area contributed by atoms with Gasteiger partial charge >= 0.3 is 0 Å².